The fourth-order valence-electron chi connectivity index (χ4n) is 0.997. The summed E-state index contributed by atoms with van der Waals surface area (Å²) in [6, 6.07) is 9.06. The van der Waals surface area contributed by atoms with E-state index in [2.05, 4.69) is 20.9 Å². The van der Waals surface area contributed by atoms with Crippen molar-refractivity contribution in [3.8, 4) is 11.5 Å². The zero-order chi connectivity index (χ0) is 9.26. The minimum absolute atomic E-state index is 0.463. The summed E-state index contributed by atoms with van der Waals surface area (Å²) in [6.45, 7) is 0. The standard InChI is InChI=1S/C9H5BrClNO/c10-8-5-4-7(13-8)6-2-1-3-9(11)12-6/h1-5H. The Labute approximate surface area is 88.7 Å². The molecule has 0 aromatic carbocycles. The Balaban J connectivity index is 2.46. The van der Waals surface area contributed by atoms with Crippen LogP contribution in [0.1, 0.15) is 0 Å². The van der Waals surface area contributed by atoms with Gasteiger partial charge in [0.25, 0.3) is 0 Å². The normalized spacial score (nSPS) is 10.3. The molecular weight excluding hydrogens is 253 g/mol. The van der Waals surface area contributed by atoms with Gasteiger partial charge in [0.15, 0.2) is 10.4 Å². The van der Waals surface area contributed by atoms with E-state index in [1.54, 1.807) is 6.07 Å². The monoisotopic (exact) mass is 257 g/mol. The molecule has 0 bridgehead atoms. The molecular formula is C9H5BrClNO. The molecule has 0 radical (unpaired) electrons. The van der Waals surface area contributed by atoms with Gasteiger partial charge < -0.3 is 4.42 Å². The molecule has 0 fully saturated rings. The molecule has 0 aliphatic rings. The summed E-state index contributed by atoms with van der Waals surface area (Å²) in [5, 5.41) is 0.463. The van der Waals surface area contributed by atoms with Gasteiger partial charge in [-0.1, -0.05) is 17.7 Å². The molecule has 13 heavy (non-hydrogen) atoms. The lowest BCUT2D eigenvalue weighted by Gasteiger charge is -1.95. The summed E-state index contributed by atoms with van der Waals surface area (Å²) in [5.74, 6) is 0.703. The first-order valence-electron chi connectivity index (χ1n) is 3.64. The molecule has 4 heteroatoms. The van der Waals surface area contributed by atoms with Gasteiger partial charge in [-0.25, -0.2) is 4.98 Å². The Morgan fingerprint density at radius 1 is 1.23 bits per heavy atom. The second kappa shape index (κ2) is 3.52. The molecule has 2 aromatic rings. The fourth-order valence-corrected chi connectivity index (χ4v) is 1.47. The van der Waals surface area contributed by atoms with Crippen LogP contribution in [-0.2, 0) is 0 Å². The number of hydrogen-bond donors (Lipinski definition) is 0. The smallest absolute Gasteiger partial charge is 0.169 e. The zero-order valence-corrected chi connectivity index (χ0v) is 8.84. The molecule has 0 aliphatic heterocycles. The second-order valence-corrected chi connectivity index (χ2v) is 3.62. The first-order valence-corrected chi connectivity index (χ1v) is 4.81. The highest BCUT2D eigenvalue weighted by Crippen LogP contribution is 2.24. The van der Waals surface area contributed by atoms with E-state index in [1.807, 2.05) is 24.3 Å². The van der Waals surface area contributed by atoms with E-state index < -0.39 is 0 Å². The third-order valence-electron chi connectivity index (χ3n) is 1.54. The van der Waals surface area contributed by atoms with Gasteiger partial charge in [0.1, 0.15) is 10.8 Å². The summed E-state index contributed by atoms with van der Waals surface area (Å²) in [5.41, 5.74) is 0.734. The SMILES string of the molecule is Clc1cccc(-c2ccc(Br)o2)n1. The van der Waals surface area contributed by atoms with Crippen LogP contribution < -0.4 is 0 Å². The molecule has 2 aromatic heterocycles. The molecule has 2 nitrogen and oxygen atoms in total. The second-order valence-electron chi connectivity index (χ2n) is 2.45. The number of aromatic nitrogens is 1. The maximum atomic E-state index is 5.74. The first kappa shape index (κ1) is 8.78. The van der Waals surface area contributed by atoms with Gasteiger partial charge >= 0.3 is 0 Å². The Kier molecular flexibility index (Phi) is 2.38. The molecule has 0 saturated heterocycles. The number of furan rings is 1. The van der Waals surface area contributed by atoms with Crippen molar-refractivity contribution in [1.82, 2.24) is 4.98 Å². The minimum Gasteiger partial charge on any atom is -0.448 e. The molecule has 0 amide bonds. The van der Waals surface area contributed by atoms with Crippen molar-refractivity contribution in [3.63, 3.8) is 0 Å². The van der Waals surface area contributed by atoms with Crippen LogP contribution in [0.5, 0.6) is 0 Å². The molecule has 0 atom stereocenters. The van der Waals surface area contributed by atoms with E-state index in [0.717, 1.165) is 5.69 Å². The van der Waals surface area contributed by atoms with Crippen molar-refractivity contribution in [2.75, 3.05) is 0 Å². The van der Waals surface area contributed by atoms with E-state index in [1.165, 1.54) is 0 Å². The summed E-state index contributed by atoms with van der Waals surface area (Å²) in [7, 11) is 0. The van der Waals surface area contributed by atoms with Gasteiger partial charge in [-0.2, -0.15) is 0 Å². The van der Waals surface area contributed by atoms with Crippen molar-refractivity contribution < 1.29 is 4.42 Å². The topological polar surface area (TPSA) is 26.0 Å². The fraction of sp³-hybridized carbons (Fsp3) is 0. The molecule has 0 aliphatic carbocycles. The van der Waals surface area contributed by atoms with Gasteiger partial charge in [-0.05, 0) is 40.2 Å². The van der Waals surface area contributed by atoms with Crippen LogP contribution in [0.4, 0.5) is 0 Å². The van der Waals surface area contributed by atoms with Crippen LogP contribution in [0.3, 0.4) is 0 Å². The summed E-state index contributed by atoms with van der Waals surface area (Å²) in [6.07, 6.45) is 0. The molecule has 0 spiro atoms. The highest BCUT2D eigenvalue weighted by atomic mass is 79.9. The third kappa shape index (κ3) is 1.92. The average molecular weight is 259 g/mol. The minimum atomic E-state index is 0.463. The van der Waals surface area contributed by atoms with Gasteiger partial charge in [0, 0.05) is 0 Å². The summed E-state index contributed by atoms with van der Waals surface area (Å²) < 4.78 is 6.00. The summed E-state index contributed by atoms with van der Waals surface area (Å²) >= 11 is 8.96. The number of nitrogens with zero attached hydrogens (tertiary/aromatic N) is 1. The third-order valence-corrected chi connectivity index (χ3v) is 2.18. The molecule has 66 valence electrons. The Hall–Kier alpha value is -0.800. The molecule has 0 saturated carbocycles. The Bertz CT molecular complexity index is 427. The lowest BCUT2D eigenvalue weighted by Crippen LogP contribution is -1.79. The van der Waals surface area contributed by atoms with Crippen molar-refractivity contribution >= 4 is 27.5 Å². The first-order chi connectivity index (χ1) is 6.25. The highest BCUT2D eigenvalue weighted by Gasteiger charge is 2.04. The van der Waals surface area contributed by atoms with Gasteiger partial charge in [-0.3, -0.25) is 0 Å². The molecule has 0 N–H and O–H groups in total. The largest absolute Gasteiger partial charge is 0.448 e. The lowest BCUT2D eigenvalue weighted by atomic mass is 10.3. The van der Waals surface area contributed by atoms with E-state index in [0.29, 0.717) is 15.6 Å². The van der Waals surface area contributed by atoms with E-state index >= 15 is 0 Å². The Morgan fingerprint density at radius 3 is 2.69 bits per heavy atom. The molecule has 0 unspecified atom stereocenters. The van der Waals surface area contributed by atoms with E-state index in [-0.39, 0.29) is 0 Å². The lowest BCUT2D eigenvalue weighted by molar-refractivity contribution is 0.554. The number of hydrogen-bond acceptors (Lipinski definition) is 2. The van der Waals surface area contributed by atoms with Crippen molar-refractivity contribution in [2.24, 2.45) is 0 Å². The van der Waals surface area contributed by atoms with Crippen molar-refractivity contribution in [2.45, 2.75) is 0 Å². The molecule has 2 rings (SSSR count). The number of pyridine rings is 1. The maximum Gasteiger partial charge on any atom is 0.169 e. The zero-order valence-electron chi connectivity index (χ0n) is 6.50. The van der Waals surface area contributed by atoms with Crippen molar-refractivity contribution in [3.05, 3.63) is 40.2 Å². The van der Waals surface area contributed by atoms with Gasteiger partial charge in [0.05, 0.1) is 0 Å². The van der Waals surface area contributed by atoms with Crippen LogP contribution in [0.15, 0.2) is 39.4 Å². The van der Waals surface area contributed by atoms with Crippen LogP contribution >= 0.6 is 27.5 Å². The number of halogens is 2. The Morgan fingerprint density at radius 2 is 2.08 bits per heavy atom. The molecule has 2 heterocycles. The van der Waals surface area contributed by atoms with Crippen LogP contribution in [0.25, 0.3) is 11.5 Å². The quantitative estimate of drug-likeness (QED) is 0.728. The van der Waals surface area contributed by atoms with Crippen LogP contribution in [-0.4, -0.2) is 4.98 Å². The summed E-state index contributed by atoms with van der Waals surface area (Å²) in [4.78, 5) is 4.11. The van der Waals surface area contributed by atoms with Gasteiger partial charge in [-0.15, -0.1) is 0 Å². The number of rotatable bonds is 1. The van der Waals surface area contributed by atoms with Gasteiger partial charge in [0.2, 0.25) is 0 Å². The van der Waals surface area contributed by atoms with Crippen LogP contribution in [0.2, 0.25) is 5.15 Å². The highest BCUT2D eigenvalue weighted by molar-refractivity contribution is 9.10. The maximum absolute atomic E-state index is 5.74. The van der Waals surface area contributed by atoms with E-state index in [9.17, 15) is 0 Å². The predicted octanol–water partition coefficient (Wildman–Crippen LogP) is 3.76. The van der Waals surface area contributed by atoms with E-state index in [4.69, 9.17) is 16.0 Å². The predicted molar refractivity (Wildman–Crippen MR) is 54.6 cm³/mol. The van der Waals surface area contributed by atoms with Crippen LogP contribution in [0, 0.1) is 0 Å². The average Bonchev–Trinajstić information content (AvgIpc) is 2.52. The van der Waals surface area contributed by atoms with Crippen molar-refractivity contribution in [1.29, 1.82) is 0 Å².